The SMILES string of the molecule is COC(=O)C1=C(CN2CCN(C)CC2)NC(=O)N[C@@H]1c1ccc(OC)c(OC)c1. The molecule has 1 fully saturated rings. The third kappa shape index (κ3) is 4.63. The van der Waals surface area contributed by atoms with Crippen molar-refractivity contribution in [1.29, 1.82) is 0 Å². The molecular formula is C20H28N4O5. The molecule has 1 aromatic carbocycles. The summed E-state index contributed by atoms with van der Waals surface area (Å²) >= 11 is 0. The highest BCUT2D eigenvalue weighted by Gasteiger charge is 2.34. The minimum atomic E-state index is -0.654. The summed E-state index contributed by atoms with van der Waals surface area (Å²) < 4.78 is 15.7. The maximum atomic E-state index is 12.7. The molecular weight excluding hydrogens is 376 g/mol. The molecule has 2 aliphatic rings. The van der Waals surface area contributed by atoms with Crippen LogP contribution in [0, 0.1) is 0 Å². The molecule has 0 saturated carbocycles. The van der Waals surface area contributed by atoms with Crippen LogP contribution < -0.4 is 20.1 Å². The lowest BCUT2D eigenvalue weighted by molar-refractivity contribution is -0.136. The van der Waals surface area contributed by atoms with Crippen molar-refractivity contribution < 1.29 is 23.8 Å². The topological polar surface area (TPSA) is 92.4 Å². The minimum Gasteiger partial charge on any atom is -0.493 e. The van der Waals surface area contributed by atoms with Crippen LogP contribution in [0.15, 0.2) is 29.5 Å². The molecule has 9 nitrogen and oxygen atoms in total. The number of nitrogens with one attached hydrogen (secondary N) is 2. The van der Waals surface area contributed by atoms with E-state index in [1.807, 2.05) is 0 Å². The number of carbonyl (C=O) groups is 2. The molecule has 2 N–H and O–H groups in total. The van der Waals surface area contributed by atoms with Crippen LogP contribution in [0.25, 0.3) is 0 Å². The maximum Gasteiger partial charge on any atom is 0.338 e. The minimum absolute atomic E-state index is 0.360. The summed E-state index contributed by atoms with van der Waals surface area (Å²) in [4.78, 5) is 29.5. The maximum absolute atomic E-state index is 12.7. The van der Waals surface area contributed by atoms with Crippen molar-refractivity contribution in [2.24, 2.45) is 0 Å². The average Bonchev–Trinajstić information content (AvgIpc) is 2.74. The van der Waals surface area contributed by atoms with Gasteiger partial charge in [-0.05, 0) is 24.7 Å². The van der Waals surface area contributed by atoms with Crippen molar-refractivity contribution in [3.05, 3.63) is 35.0 Å². The standard InChI is InChI=1S/C20H28N4O5/c1-23-7-9-24(10-8-23)12-14-17(19(25)29-4)18(22-20(26)21-14)13-5-6-15(27-2)16(11-13)28-3/h5-6,11,18H,7-10,12H2,1-4H3,(H2,21,22,26)/t18-/m1/s1. The Balaban J connectivity index is 1.98. The van der Waals surface area contributed by atoms with Gasteiger partial charge in [0.1, 0.15) is 0 Å². The Morgan fingerprint density at radius 1 is 1.10 bits per heavy atom. The number of likely N-dealkylation sites (N-methyl/N-ethyl adjacent to an activating group) is 1. The van der Waals surface area contributed by atoms with E-state index in [2.05, 4.69) is 27.5 Å². The van der Waals surface area contributed by atoms with Gasteiger partial charge >= 0.3 is 12.0 Å². The first-order chi connectivity index (χ1) is 14.0. The molecule has 2 heterocycles. The molecule has 1 atom stereocenters. The first-order valence-corrected chi connectivity index (χ1v) is 9.48. The molecule has 0 bridgehead atoms. The first kappa shape index (κ1) is 20.9. The highest BCUT2D eigenvalue weighted by molar-refractivity contribution is 5.95. The number of esters is 1. The number of hydrogen-bond donors (Lipinski definition) is 2. The van der Waals surface area contributed by atoms with Gasteiger partial charge in [0.25, 0.3) is 0 Å². The van der Waals surface area contributed by atoms with E-state index in [0.717, 1.165) is 26.2 Å². The molecule has 1 aromatic rings. The second kappa shape index (κ2) is 9.15. The fourth-order valence-electron chi connectivity index (χ4n) is 3.61. The van der Waals surface area contributed by atoms with Crippen LogP contribution in [0.5, 0.6) is 11.5 Å². The third-order valence-electron chi connectivity index (χ3n) is 5.28. The van der Waals surface area contributed by atoms with Crippen molar-refractivity contribution in [3.63, 3.8) is 0 Å². The van der Waals surface area contributed by atoms with Crippen LogP contribution in [-0.4, -0.2) is 82.9 Å². The normalized spacial score (nSPS) is 20.7. The molecule has 0 spiro atoms. The van der Waals surface area contributed by atoms with Crippen LogP contribution in [0.1, 0.15) is 11.6 Å². The lowest BCUT2D eigenvalue weighted by atomic mass is 9.94. The molecule has 0 aromatic heterocycles. The van der Waals surface area contributed by atoms with Crippen LogP contribution in [0.2, 0.25) is 0 Å². The van der Waals surface area contributed by atoms with Crippen molar-refractivity contribution in [2.45, 2.75) is 6.04 Å². The Morgan fingerprint density at radius 3 is 2.41 bits per heavy atom. The van der Waals surface area contributed by atoms with E-state index in [9.17, 15) is 9.59 Å². The third-order valence-corrected chi connectivity index (χ3v) is 5.28. The zero-order valence-corrected chi connectivity index (χ0v) is 17.3. The predicted octanol–water partition coefficient (Wildman–Crippen LogP) is 0.732. The van der Waals surface area contributed by atoms with Gasteiger partial charge in [0.05, 0.1) is 32.9 Å². The molecule has 9 heteroatoms. The predicted molar refractivity (Wildman–Crippen MR) is 107 cm³/mol. The molecule has 2 aliphatic heterocycles. The Kier molecular flexibility index (Phi) is 6.60. The summed E-state index contributed by atoms with van der Waals surface area (Å²) in [6.45, 7) is 4.06. The number of rotatable bonds is 6. The summed E-state index contributed by atoms with van der Waals surface area (Å²) in [5.74, 6) is 0.599. The van der Waals surface area contributed by atoms with Crippen LogP contribution in [-0.2, 0) is 9.53 Å². The molecule has 3 rings (SSSR count). The Morgan fingerprint density at radius 2 is 1.79 bits per heavy atom. The average molecular weight is 404 g/mol. The van der Waals surface area contributed by atoms with E-state index < -0.39 is 12.0 Å². The summed E-state index contributed by atoms with van der Waals surface area (Å²) in [5.41, 5.74) is 1.65. The van der Waals surface area contributed by atoms with Crippen LogP contribution in [0.3, 0.4) is 0 Å². The highest BCUT2D eigenvalue weighted by atomic mass is 16.5. The number of methoxy groups -OCH3 is 3. The lowest BCUT2D eigenvalue weighted by Gasteiger charge is -2.35. The van der Waals surface area contributed by atoms with E-state index in [1.54, 1.807) is 32.4 Å². The quantitative estimate of drug-likeness (QED) is 0.676. The van der Waals surface area contributed by atoms with Gasteiger partial charge in [0.2, 0.25) is 0 Å². The molecule has 1 saturated heterocycles. The Hall–Kier alpha value is -2.78. The second-order valence-electron chi connectivity index (χ2n) is 7.11. The van der Waals surface area contributed by atoms with Crippen molar-refractivity contribution in [2.75, 3.05) is 61.1 Å². The van der Waals surface area contributed by atoms with E-state index in [-0.39, 0.29) is 6.03 Å². The van der Waals surface area contributed by atoms with Crippen molar-refractivity contribution >= 4 is 12.0 Å². The molecule has 0 aliphatic carbocycles. The summed E-state index contributed by atoms with van der Waals surface area (Å²) in [6, 6.07) is 4.29. The fraction of sp³-hybridized carbons (Fsp3) is 0.500. The van der Waals surface area contributed by atoms with Gasteiger partial charge in [-0.25, -0.2) is 9.59 Å². The Labute approximate surface area is 170 Å². The number of hydrogen-bond acceptors (Lipinski definition) is 7. The number of benzene rings is 1. The number of amides is 2. The van der Waals surface area contributed by atoms with E-state index in [4.69, 9.17) is 14.2 Å². The number of ether oxygens (including phenoxy) is 3. The second-order valence-corrected chi connectivity index (χ2v) is 7.11. The van der Waals surface area contributed by atoms with Crippen molar-refractivity contribution in [3.8, 4) is 11.5 Å². The van der Waals surface area contributed by atoms with Crippen LogP contribution in [0.4, 0.5) is 4.79 Å². The summed E-state index contributed by atoms with van der Waals surface area (Å²) in [5, 5.41) is 5.64. The zero-order chi connectivity index (χ0) is 21.0. The van der Waals surface area contributed by atoms with Gasteiger partial charge in [0.15, 0.2) is 11.5 Å². The van der Waals surface area contributed by atoms with Crippen molar-refractivity contribution in [1.82, 2.24) is 20.4 Å². The number of urea groups is 1. The molecule has 0 radical (unpaired) electrons. The van der Waals surface area contributed by atoms with Gasteiger partial charge in [-0.2, -0.15) is 0 Å². The van der Waals surface area contributed by atoms with E-state index in [0.29, 0.717) is 34.9 Å². The number of nitrogens with zero attached hydrogens (tertiary/aromatic N) is 2. The molecule has 29 heavy (non-hydrogen) atoms. The smallest absolute Gasteiger partial charge is 0.338 e. The Bertz CT molecular complexity index is 802. The number of piperazine rings is 1. The largest absolute Gasteiger partial charge is 0.493 e. The lowest BCUT2D eigenvalue weighted by Crippen LogP contribution is -2.51. The van der Waals surface area contributed by atoms with E-state index >= 15 is 0 Å². The van der Waals surface area contributed by atoms with Gasteiger partial charge in [-0.3, -0.25) is 4.90 Å². The highest BCUT2D eigenvalue weighted by Crippen LogP contribution is 2.34. The monoisotopic (exact) mass is 404 g/mol. The van der Waals surface area contributed by atoms with Gasteiger partial charge in [0, 0.05) is 38.4 Å². The first-order valence-electron chi connectivity index (χ1n) is 9.48. The van der Waals surface area contributed by atoms with Gasteiger partial charge < -0.3 is 29.7 Å². The molecule has 2 amide bonds. The molecule has 158 valence electrons. The number of carbonyl (C=O) groups excluding carboxylic acids is 2. The van der Waals surface area contributed by atoms with Gasteiger partial charge in [-0.15, -0.1) is 0 Å². The molecule has 0 unspecified atom stereocenters. The van der Waals surface area contributed by atoms with E-state index in [1.165, 1.54) is 7.11 Å². The van der Waals surface area contributed by atoms with Gasteiger partial charge in [-0.1, -0.05) is 6.07 Å². The van der Waals surface area contributed by atoms with Crippen LogP contribution >= 0.6 is 0 Å². The zero-order valence-electron chi connectivity index (χ0n) is 17.3. The summed E-state index contributed by atoms with van der Waals surface area (Å²) in [6.07, 6.45) is 0. The summed E-state index contributed by atoms with van der Waals surface area (Å²) in [7, 11) is 6.51. The fourth-order valence-corrected chi connectivity index (χ4v) is 3.61.